The molecule has 2 atom stereocenters. The zero-order valence-corrected chi connectivity index (χ0v) is 33.0. The third kappa shape index (κ3) is 35.5. The quantitative estimate of drug-likeness (QED) is 0.0217. The number of phosphoric acid groups is 1. The molecular weight excluding hydrogens is 653 g/mol. The second kappa shape index (κ2) is 32.6. The first-order chi connectivity index (χ1) is 24.0. The van der Waals surface area contributed by atoms with Crippen LogP contribution in [0, 0.1) is 0 Å². The second-order valence-electron chi connectivity index (χ2n) is 13.6. The maximum absolute atomic E-state index is 12.5. The van der Waals surface area contributed by atoms with Crippen LogP contribution in [0.25, 0.3) is 0 Å². The van der Waals surface area contributed by atoms with Gasteiger partial charge in [-0.05, 0) is 51.4 Å². The highest BCUT2D eigenvalue weighted by molar-refractivity contribution is 7.45. The van der Waals surface area contributed by atoms with Crippen LogP contribution in [0.3, 0.4) is 0 Å². The molecule has 0 saturated heterocycles. The molecule has 0 aromatic rings. The molecule has 288 valence electrons. The molecule has 1 unspecified atom stereocenters. The van der Waals surface area contributed by atoms with Crippen molar-refractivity contribution in [2.24, 2.45) is 0 Å². The number of esters is 2. The topological polar surface area (TPSA) is 111 Å². The summed E-state index contributed by atoms with van der Waals surface area (Å²) in [6, 6.07) is 0. The molecule has 0 N–H and O–H groups in total. The number of nitrogens with zero attached hydrogens (tertiary/aromatic N) is 1. The number of hydrogen-bond donors (Lipinski definition) is 0. The van der Waals surface area contributed by atoms with Crippen LogP contribution in [0.1, 0.15) is 129 Å². The molecule has 10 heteroatoms. The average Bonchev–Trinajstić information content (AvgIpc) is 3.06. The van der Waals surface area contributed by atoms with Crippen molar-refractivity contribution in [2.75, 3.05) is 47.5 Å². The van der Waals surface area contributed by atoms with E-state index in [9.17, 15) is 19.0 Å². The molecule has 0 aliphatic rings. The Hall–Kier alpha value is -2.29. The van der Waals surface area contributed by atoms with Gasteiger partial charge in [0.2, 0.25) is 0 Å². The fourth-order valence-corrected chi connectivity index (χ4v) is 5.25. The van der Waals surface area contributed by atoms with Gasteiger partial charge in [-0.15, -0.1) is 0 Å². The van der Waals surface area contributed by atoms with Crippen LogP contribution in [-0.4, -0.2) is 70.0 Å². The third-order valence-electron chi connectivity index (χ3n) is 7.55. The van der Waals surface area contributed by atoms with Gasteiger partial charge < -0.3 is 27.9 Å². The number of allylic oxidation sites excluding steroid dienone is 10. The van der Waals surface area contributed by atoms with Gasteiger partial charge in [0.25, 0.3) is 7.82 Å². The van der Waals surface area contributed by atoms with Crippen LogP contribution >= 0.6 is 7.82 Å². The smallest absolute Gasteiger partial charge is 0.306 e. The fourth-order valence-electron chi connectivity index (χ4n) is 4.52. The number of carbonyl (C=O) groups is 2. The van der Waals surface area contributed by atoms with E-state index in [0.717, 1.165) is 44.9 Å². The number of likely N-dealkylation sites (N-methyl/N-ethyl adjacent to an activating group) is 1. The summed E-state index contributed by atoms with van der Waals surface area (Å²) in [6.07, 6.45) is 37.2. The number of rotatable bonds is 33. The molecule has 0 bridgehead atoms. The van der Waals surface area contributed by atoms with Crippen molar-refractivity contribution < 1.29 is 42.1 Å². The lowest BCUT2D eigenvalue weighted by Gasteiger charge is -2.28. The molecular formula is C40H70NO8P. The standard InChI is InChI=1S/C40H70NO8P/c1-6-8-10-12-14-15-16-17-18-19-20-21-22-23-24-25-27-28-30-32-39(42)46-36-38(37-48-50(44,45)47-35-34-41(3,4)5)49-40(43)33-31-29-26-13-11-9-7-2/h14-15,17-18,20-21,23-24,27-28,38H,6-13,16,19,22,25-26,29-37H2,1-5H3/b15-14+,18-17+,21-20+,24-23+,28-27+/t38-/m0/s1. The van der Waals surface area contributed by atoms with Gasteiger partial charge in [0, 0.05) is 12.8 Å². The Kier molecular flexibility index (Phi) is 31.1. The number of unbranched alkanes of at least 4 members (excludes halogenated alkanes) is 9. The largest absolute Gasteiger partial charge is 0.756 e. The molecule has 0 aromatic heterocycles. The predicted molar refractivity (Wildman–Crippen MR) is 203 cm³/mol. The Bertz CT molecular complexity index is 1040. The SMILES string of the molecule is CCCCC/C=C/C/C=C/C/C=C/C/C=C/C/C=C/CCC(=O)OC[C@@H](COP(=O)([O-])OCC[N+](C)(C)C)OC(=O)CCCCCCCCC. The first-order valence-corrected chi connectivity index (χ1v) is 20.5. The zero-order valence-electron chi connectivity index (χ0n) is 32.1. The molecule has 0 fully saturated rings. The van der Waals surface area contributed by atoms with Crippen molar-refractivity contribution in [2.45, 2.75) is 136 Å². The molecule has 50 heavy (non-hydrogen) atoms. The van der Waals surface area contributed by atoms with Crippen molar-refractivity contribution in [3.05, 3.63) is 60.8 Å². The highest BCUT2D eigenvalue weighted by atomic mass is 31.2. The minimum absolute atomic E-state index is 0.0437. The van der Waals surface area contributed by atoms with Gasteiger partial charge in [-0.3, -0.25) is 14.2 Å². The lowest BCUT2D eigenvalue weighted by Crippen LogP contribution is -2.37. The van der Waals surface area contributed by atoms with Crippen LogP contribution in [-0.2, 0) is 32.7 Å². The van der Waals surface area contributed by atoms with Gasteiger partial charge in [0.1, 0.15) is 19.8 Å². The van der Waals surface area contributed by atoms with Crippen molar-refractivity contribution in [1.82, 2.24) is 0 Å². The Morgan fingerprint density at radius 3 is 1.68 bits per heavy atom. The van der Waals surface area contributed by atoms with Crippen molar-refractivity contribution in [3.63, 3.8) is 0 Å². The van der Waals surface area contributed by atoms with Crippen molar-refractivity contribution in [1.29, 1.82) is 0 Å². The van der Waals surface area contributed by atoms with E-state index < -0.39 is 32.5 Å². The molecule has 0 aliphatic heterocycles. The Balaban J connectivity index is 4.47. The molecule has 0 heterocycles. The van der Waals surface area contributed by atoms with Gasteiger partial charge in [-0.25, -0.2) is 0 Å². The molecule has 0 aliphatic carbocycles. The number of phosphoric ester groups is 1. The minimum atomic E-state index is -4.63. The first kappa shape index (κ1) is 47.7. The number of ether oxygens (including phenoxy) is 2. The maximum atomic E-state index is 12.5. The normalized spacial score (nSPS) is 14.4. The van der Waals surface area contributed by atoms with Gasteiger partial charge in [0.15, 0.2) is 6.10 Å². The summed E-state index contributed by atoms with van der Waals surface area (Å²) in [5, 5.41) is 0. The summed E-state index contributed by atoms with van der Waals surface area (Å²) in [5.74, 6) is -0.945. The highest BCUT2D eigenvalue weighted by Crippen LogP contribution is 2.38. The molecule has 0 radical (unpaired) electrons. The third-order valence-corrected chi connectivity index (χ3v) is 8.52. The van der Waals surface area contributed by atoms with E-state index in [4.69, 9.17) is 18.5 Å². The summed E-state index contributed by atoms with van der Waals surface area (Å²) in [5.41, 5.74) is 0. The second-order valence-corrected chi connectivity index (χ2v) is 15.0. The van der Waals surface area contributed by atoms with E-state index in [1.54, 1.807) is 0 Å². The van der Waals surface area contributed by atoms with E-state index in [-0.39, 0.29) is 26.1 Å². The van der Waals surface area contributed by atoms with E-state index in [1.165, 1.54) is 44.9 Å². The number of hydrogen-bond acceptors (Lipinski definition) is 8. The Labute approximate surface area is 305 Å². The molecule has 0 spiro atoms. The van der Waals surface area contributed by atoms with E-state index in [0.29, 0.717) is 23.9 Å². The van der Waals surface area contributed by atoms with Crippen LogP contribution < -0.4 is 4.89 Å². The first-order valence-electron chi connectivity index (χ1n) is 19.0. The van der Waals surface area contributed by atoms with Gasteiger partial charge in [-0.1, -0.05) is 126 Å². The molecule has 0 aromatic carbocycles. The summed E-state index contributed by atoms with van der Waals surface area (Å²) >= 11 is 0. The maximum Gasteiger partial charge on any atom is 0.306 e. The summed E-state index contributed by atoms with van der Waals surface area (Å²) in [4.78, 5) is 37.1. The summed E-state index contributed by atoms with van der Waals surface area (Å²) in [6.45, 7) is 4.02. The van der Waals surface area contributed by atoms with Gasteiger partial charge in [-0.2, -0.15) is 0 Å². The Morgan fingerprint density at radius 1 is 0.620 bits per heavy atom. The number of carbonyl (C=O) groups excluding carboxylic acids is 2. The van der Waals surface area contributed by atoms with Gasteiger partial charge in [0.05, 0.1) is 27.7 Å². The number of quaternary nitrogens is 1. The van der Waals surface area contributed by atoms with E-state index >= 15 is 0 Å². The van der Waals surface area contributed by atoms with Crippen LogP contribution in [0.4, 0.5) is 0 Å². The zero-order chi connectivity index (χ0) is 37.2. The van der Waals surface area contributed by atoms with Crippen molar-refractivity contribution in [3.8, 4) is 0 Å². The molecule has 0 saturated carbocycles. The van der Waals surface area contributed by atoms with Gasteiger partial charge >= 0.3 is 11.9 Å². The monoisotopic (exact) mass is 723 g/mol. The molecule has 9 nitrogen and oxygen atoms in total. The lowest BCUT2D eigenvalue weighted by atomic mass is 10.1. The summed E-state index contributed by atoms with van der Waals surface area (Å²) < 4.78 is 33.5. The molecule has 0 rings (SSSR count). The van der Waals surface area contributed by atoms with E-state index in [1.807, 2.05) is 33.3 Å². The predicted octanol–water partition coefficient (Wildman–Crippen LogP) is 9.49. The Morgan fingerprint density at radius 2 is 1.12 bits per heavy atom. The average molecular weight is 724 g/mol. The van der Waals surface area contributed by atoms with E-state index in [2.05, 4.69) is 62.5 Å². The molecule has 0 amide bonds. The van der Waals surface area contributed by atoms with Crippen molar-refractivity contribution >= 4 is 19.8 Å². The lowest BCUT2D eigenvalue weighted by molar-refractivity contribution is -0.870. The highest BCUT2D eigenvalue weighted by Gasteiger charge is 2.21. The van der Waals surface area contributed by atoms with Crippen LogP contribution in [0.5, 0.6) is 0 Å². The van der Waals surface area contributed by atoms with Crippen LogP contribution in [0.2, 0.25) is 0 Å². The summed E-state index contributed by atoms with van der Waals surface area (Å²) in [7, 11) is 1.12. The van der Waals surface area contributed by atoms with Crippen LogP contribution in [0.15, 0.2) is 60.8 Å². The fraction of sp³-hybridized carbons (Fsp3) is 0.700. The minimum Gasteiger partial charge on any atom is -0.756 e.